The molecule has 110 valence electrons. The molecule has 0 atom stereocenters. The van der Waals surface area contributed by atoms with Crippen molar-refractivity contribution in [2.75, 3.05) is 12.4 Å². The molecule has 6 heteroatoms. The molecule has 2 aromatic rings. The highest BCUT2D eigenvalue weighted by Gasteiger charge is 2.17. The van der Waals surface area contributed by atoms with Crippen LogP contribution in [0, 0.1) is 13.8 Å². The molecule has 1 aromatic heterocycles. The highest BCUT2D eigenvalue weighted by Crippen LogP contribution is 2.32. The van der Waals surface area contributed by atoms with Gasteiger partial charge in [0.15, 0.2) is 0 Å². The van der Waals surface area contributed by atoms with Gasteiger partial charge < -0.3 is 15.2 Å². The van der Waals surface area contributed by atoms with E-state index in [1.165, 1.54) is 0 Å². The van der Waals surface area contributed by atoms with Gasteiger partial charge in [0.2, 0.25) is 0 Å². The Morgan fingerprint density at radius 2 is 2.05 bits per heavy atom. The molecule has 0 saturated heterocycles. The van der Waals surface area contributed by atoms with Crippen LogP contribution in [0.3, 0.4) is 0 Å². The summed E-state index contributed by atoms with van der Waals surface area (Å²) in [5.74, 6) is -0.108. The van der Waals surface area contributed by atoms with E-state index in [1.807, 2.05) is 19.1 Å². The summed E-state index contributed by atoms with van der Waals surface area (Å²) in [6.45, 7) is 3.57. The Labute approximate surface area is 131 Å². The van der Waals surface area contributed by atoms with Crippen molar-refractivity contribution in [3.05, 3.63) is 45.6 Å². The molecule has 1 heterocycles. The molecule has 0 saturated carbocycles. The van der Waals surface area contributed by atoms with Crippen molar-refractivity contribution in [3.8, 4) is 5.75 Å². The minimum absolute atomic E-state index is 0.155. The van der Waals surface area contributed by atoms with Gasteiger partial charge in [-0.1, -0.05) is 15.9 Å². The van der Waals surface area contributed by atoms with Crippen LogP contribution in [-0.4, -0.2) is 23.2 Å². The number of benzene rings is 1. The molecule has 2 N–H and O–H groups in total. The van der Waals surface area contributed by atoms with Gasteiger partial charge in [-0.05, 0) is 43.7 Å². The first kappa shape index (κ1) is 15.3. The SMILES string of the molecule is COc1ccc(Br)cc1Nc1nc(C)cc(C)c1C(=O)O. The smallest absolute Gasteiger partial charge is 0.339 e. The highest BCUT2D eigenvalue weighted by molar-refractivity contribution is 9.10. The first-order chi connectivity index (χ1) is 9.92. The Bertz CT molecular complexity index is 702. The number of hydrogen-bond donors (Lipinski definition) is 2. The van der Waals surface area contributed by atoms with E-state index in [9.17, 15) is 9.90 Å². The summed E-state index contributed by atoms with van der Waals surface area (Å²) in [5, 5.41) is 12.4. The molecule has 0 spiro atoms. The van der Waals surface area contributed by atoms with E-state index in [0.29, 0.717) is 22.8 Å². The van der Waals surface area contributed by atoms with Crippen LogP contribution in [0.2, 0.25) is 0 Å². The Morgan fingerprint density at radius 3 is 2.67 bits per heavy atom. The fourth-order valence-electron chi connectivity index (χ4n) is 2.10. The number of nitrogens with one attached hydrogen (secondary N) is 1. The third-order valence-corrected chi connectivity index (χ3v) is 3.47. The lowest BCUT2D eigenvalue weighted by Gasteiger charge is -2.14. The second-order valence-electron chi connectivity index (χ2n) is 4.58. The number of pyridine rings is 1. The average Bonchev–Trinajstić information content (AvgIpc) is 2.37. The van der Waals surface area contributed by atoms with E-state index < -0.39 is 5.97 Å². The third-order valence-electron chi connectivity index (χ3n) is 2.97. The largest absolute Gasteiger partial charge is 0.495 e. The van der Waals surface area contributed by atoms with Crippen molar-refractivity contribution < 1.29 is 14.6 Å². The van der Waals surface area contributed by atoms with Gasteiger partial charge in [0.05, 0.1) is 12.8 Å². The molecule has 1 aromatic carbocycles. The lowest BCUT2D eigenvalue weighted by atomic mass is 10.1. The lowest BCUT2D eigenvalue weighted by molar-refractivity contribution is 0.0697. The van der Waals surface area contributed by atoms with Crippen molar-refractivity contribution in [2.45, 2.75) is 13.8 Å². The maximum Gasteiger partial charge on any atom is 0.339 e. The van der Waals surface area contributed by atoms with Gasteiger partial charge >= 0.3 is 5.97 Å². The highest BCUT2D eigenvalue weighted by atomic mass is 79.9. The van der Waals surface area contributed by atoms with E-state index in [4.69, 9.17) is 4.74 Å². The quantitative estimate of drug-likeness (QED) is 0.874. The summed E-state index contributed by atoms with van der Waals surface area (Å²) in [4.78, 5) is 15.7. The Morgan fingerprint density at radius 1 is 1.33 bits per heavy atom. The summed E-state index contributed by atoms with van der Waals surface area (Å²) >= 11 is 3.38. The number of nitrogens with zero attached hydrogens (tertiary/aromatic N) is 1. The van der Waals surface area contributed by atoms with Gasteiger partial charge in [-0.3, -0.25) is 0 Å². The number of halogens is 1. The number of aromatic nitrogens is 1. The van der Waals surface area contributed by atoms with Crippen molar-refractivity contribution >= 4 is 33.4 Å². The van der Waals surface area contributed by atoms with Crippen molar-refractivity contribution in [3.63, 3.8) is 0 Å². The normalized spacial score (nSPS) is 10.3. The molecule has 2 rings (SSSR count). The van der Waals surface area contributed by atoms with Gasteiger partial charge in [-0.25, -0.2) is 9.78 Å². The molecule has 0 aliphatic rings. The molecule has 5 nitrogen and oxygen atoms in total. The molecule has 0 fully saturated rings. The number of carboxylic acid groups (broad SMARTS) is 1. The van der Waals surface area contributed by atoms with Crippen LogP contribution in [0.25, 0.3) is 0 Å². The number of hydrogen-bond acceptors (Lipinski definition) is 4. The summed E-state index contributed by atoms with van der Waals surface area (Å²) in [6.07, 6.45) is 0. The van der Waals surface area contributed by atoms with Crippen LogP contribution in [0.1, 0.15) is 21.6 Å². The number of anilines is 2. The van der Waals surface area contributed by atoms with E-state index in [0.717, 1.165) is 10.2 Å². The van der Waals surface area contributed by atoms with Crippen molar-refractivity contribution in [2.24, 2.45) is 0 Å². The Balaban J connectivity index is 2.53. The lowest BCUT2D eigenvalue weighted by Crippen LogP contribution is -2.09. The number of carbonyl (C=O) groups is 1. The van der Waals surface area contributed by atoms with Gasteiger partial charge in [-0.2, -0.15) is 0 Å². The van der Waals surface area contributed by atoms with Gasteiger partial charge in [0, 0.05) is 10.2 Å². The molecule has 0 aliphatic carbocycles. The van der Waals surface area contributed by atoms with Crippen molar-refractivity contribution in [1.82, 2.24) is 4.98 Å². The molecule has 0 unspecified atom stereocenters. The summed E-state index contributed by atoms with van der Waals surface area (Å²) in [7, 11) is 1.56. The second kappa shape index (κ2) is 6.13. The number of aromatic carboxylic acids is 1. The fraction of sp³-hybridized carbons (Fsp3) is 0.200. The number of aryl methyl sites for hydroxylation is 2. The molecular formula is C15H15BrN2O3. The van der Waals surface area contributed by atoms with E-state index in [2.05, 4.69) is 26.2 Å². The van der Waals surface area contributed by atoms with Crippen LogP contribution in [0.4, 0.5) is 11.5 Å². The predicted octanol–water partition coefficient (Wildman–Crippen LogP) is 3.91. The number of rotatable bonds is 4. The molecule has 0 radical (unpaired) electrons. The molecule has 0 amide bonds. The first-order valence-corrected chi connectivity index (χ1v) is 7.03. The van der Waals surface area contributed by atoms with Crippen LogP contribution in [-0.2, 0) is 0 Å². The monoisotopic (exact) mass is 350 g/mol. The van der Waals surface area contributed by atoms with Gasteiger partial charge in [0.25, 0.3) is 0 Å². The molecule has 21 heavy (non-hydrogen) atoms. The zero-order valence-electron chi connectivity index (χ0n) is 11.9. The zero-order valence-corrected chi connectivity index (χ0v) is 13.5. The average molecular weight is 351 g/mol. The van der Waals surface area contributed by atoms with Gasteiger partial charge in [0.1, 0.15) is 17.1 Å². The topological polar surface area (TPSA) is 71.5 Å². The minimum Gasteiger partial charge on any atom is -0.495 e. The third kappa shape index (κ3) is 3.33. The standard InChI is InChI=1S/C15H15BrN2O3/c1-8-6-9(2)17-14(13(8)15(19)20)18-11-7-10(16)4-5-12(11)21-3/h4-7H,1-3H3,(H,17,18)(H,19,20). The Kier molecular flexibility index (Phi) is 4.47. The number of carboxylic acids is 1. The predicted molar refractivity (Wildman–Crippen MR) is 84.6 cm³/mol. The van der Waals surface area contributed by atoms with E-state index in [-0.39, 0.29) is 5.56 Å². The minimum atomic E-state index is -1.02. The Hall–Kier alpha value is -2.08. The molecule has 0 bridgehead atoms. The second-order valence-corrected chi connectivity index (χ2v) is 5.49. The summed E-state index contributed by atoms with van der Waals surface area (Å²) in [6, 6.07) is 7.18. The van der Waals surface area contributed by atoms with Crippen LogP contribution < -0.4 is 10.1 Å². The zero-order chi connectivity index (χ0) is 15.6. The van der Waals surface area contributed by atoms with Crippen LogP contribution in [0.5, 0.6) is 5.75 Å². The summed E-state index contributed by atoms with van der Waals surface area (Å²) < 4.78 is 6.13. The maximum absolute atomic E-state index is 11.4. The van der Waals surface area contributed by atoms with Crippen molar-refractivity contribution in [1.29, 1.82) is 0 Å². The van der Waals surface area contributed by atoms with E-state index in [1.54, 1.807) is 26.2 Å². The number of ether oxygens (including phenoxy) is 1. The summed E-state index contributed by atoms with van der Waals surface area (Å²) in [5.41, 5.74) is 2.20. The maximum atomic E-state index is 11.4. The molecular weight excluding hydrogens is 336 g/mol. The van der Waals surface area contributed by atoms with Crippen LogP contribution in [0.15, 0.2) is 28.7 Å². The first-order valence-electron chi connectivity index (χ1n) is 6.24. The van der Waals surface area contributed by atoms with E-state index >= 15 is 0 Å². The van der Waals surface area contributed by atoms with Gasteiger partial charge in [-0.15, -0.1) is 0 Å². The number of methoxy groups -OCH3 is 1. The fourth-order valence-corrected chi connectivity index (χ4v) is 2.46. The molecule has 0 aliphatic heterocycles. The van der Waals surface area contributed by atoms with Crippen LogP contribution >= 0.6 is 15.9 Å².